The van der Waals surface area contributed by atoms with Crippen molar-refractivity contribution in [2.75, 3.05) is 13.1 Å². The lowest BCUT2D eigenvalue weighted by atomic mass is 10.2. The Kier molecular flexibility index (Phi) is 3.14. The lowest BCUT2D eigenvalue weighted by Crippen LogP contribution is -2.10. The molecule has 0 amide bonds. The first-order chi connectivity index (χ1) is 5.33. The van der Waals surface area contributed by atoms with Crippen molar-refractivity contribution in [1.29, 1.82) is 0 Å². The van der Waals surface area contributed by atoms with Gasteiger partial charge in [0.25, 0.3) is 0 Å². The Balaban J connectivity index is 2.42. The standard InChI is InChI=1S/C9H16N2/c1-3-10-8(2)7-9-5-4-6-11-9/h7,10H,3-6H2,1-2H3/b8-7-. The van der Waals surface area contributed by atoms with E-state index in [9.17, 15) is 0 Å². The van der Waals surface area contributed by atoms with E-state index in [4.69, 9.17) is 0 Å². The fourth-order valence-electron chi connectivity index (χ4n) is 1.26. The van der Waals surface area contributed by atoms with Crippen LogP contribution in [0.3, 0.4) is 0 Å². The predicted molar refractivity (Wildman–Crippen MR) is 49.0 cm³/mol. The highest BCUT2D eigenvalue weighted by molar-refractivity contribution is 5.96. The summed E-state index contributed by atoms with van der Waals surface area (Å²) < 4.78 is 0. The largest absolute Gasteiger partial charge is 0.389 e. The maximum Gasteiger partial charge on any atom is 0.0396 e. The summed E-state index contributed by atoms with van der Waals surface area (Å²) in [6.45, 7) is 6.21. The maximum atomic E-state index is 4.36. The lowest BCUT2D eigenvalue weighted by Gasteiger charge is -2.01. The van der Waals surface area contributed by atoms with Gasteiger partial charge in [0.1, 0.15) is 0 Å². The van der Waals surface area contributed by atoms with Crippen LogP contribution in [0.4, 0.5) is 0 Å². The highest BCUT2D eigenvalue weighted by Gasteiger charge is 2.02. The van der Waals surface area contributed by atoms with Gasteiger partial charge in [-0.2, -0.15) is 0 Å². The molecule has 2 nitrogen and oxygen atoms in total. The number of nitrogens with zero attached hydrogens (tertiary/aromatic N) is 1. The highest BCUT2D eigenvalue weighted by atomic mass is 14.9. The molecule has 1 N–H and O–H groups in total. The van der Waals surface area contributed by atoms with Crippen molar-refractivity contribution in [3.8, 4) is 0 Å². The van der Waals surface area contributed by atoms with Crippen LogP contribution in [0.2, 0.25) is 0 Å². The van der Waals surface area contributed by atoms with Crippen LogP contribution in [0.25, 0.3) is 0 Å². The Morgan fingerprint density at radius 3 is 3.09 bits per heavy atom. The van der Waals surface area contributed by atoms with Crippen molar-refractivity contribution in [2.45, 2.75) is 26.7 Å². The minimum atomic E-state index is 0.996. The zero-order valence-electron chi connectivity index (χ0n) is 7.35. The fraction of sp³-hybridized carbons (Fsp3) is 0.667. The zero-order valence-corrected chi connectivity index (χ0v) is 7.35. The van der Waals surface area contributed by atoms with Crippen LogP contribution in [0.15, 0.2) is 16.8 Å². The van der Waals surface area contributed by atoms with Gasteiger partial charge < -0.3 is 5.32 Å². The number of aliphatic imine (C=N–C) groups is 1. The van der Waals surface area contributed by atoms with Crippen molar-refractivity contribution in [3.63, 3.8) is 0 Å². The molecule has 0 fully saturated rings. The second kappa shape index (κ2) is 4.16. The van der Waals surface area contributed by atoms with E-state index < -0.39 is 0 Å². The number of allylic oxidation sites excluding steroid dienone is 2. The quantitative estimate of drug-likeness (QED) is 0.654. The van der Waals surface area contributed by atoms with E-state index in [1.165, 1.54) is 17.8 Å². The number of rotatable bonds is 3. The molecule has 0 aromatic carbocycles. The summed E-state index contributed by atoms with van der Waals surface area (Å²) in [5, 5.41) is 3.25. The van der Waals surface area contributed by atoms with Crippen LogP contribution in [0.1, 0.15) is 26.7 Å². The lowest BCUT2D eigenvalue weighted by molar-refractivity contribution is 0.855. The smallest absolute Gasteiger partial charge is 0.0396 e. The molecule has 1 aliphatic rings. The van der Waals surface area contributed by atoms with E-state index in [-0.39, 0.29) is 0 Å². The molecule has 0 bridgehead atoms. The minimum absolute atomic E-state index is 0.996. The molecule has 0 aromatic heterocycles. The van der Waals surface area contributed by atoms with E-state index in [0.717, 1.165) is 19.5 Å². The van der Waals surface area contributed by atoms with Gasteiger partial charge in [0.2, 0.25) is 0 Å². The van der Waals surface area contributed by atoms with Gasteiger partial charge in [-0.1, -0.05) is 0 Å². The third kappa shape index (κ3) is 2.74. The van der Waals surface area contributed by atoms with Crippen molar-refractivity contribution in [2.24, 2.45) is 4.99 Å². The summed E-state index contributed by atoms with van der Waals surface area (Å²) in [4.78, 5) is 4.36. The average Bonchev–Trinajstić information content (AvgIpc) is 2.40. The van der Waals surface area contributed by atoms with Crippen LogP contribution in [0.5, 0.6) is 0 Å². The van der Waals surface area contributed by atoms with Crippen LogP contribution in [-0.4, -0.2) is 18.8 Å². The highest BCUT2D eigenvalue weighted by Crippen LogP contribution is 2.05. The van der Waals surface area contributed by atoms with E-state index >= 15 is 0 Å². The molecular weight excluding hydrogens is 136 g/mol. The monoisotopic (exact) mass is 152 g/mol. The SMILES string of the molecule is CCN/C(C)=C\C1=NCCC1. The fourth-order valence-corrected chi connectivity index (χ4v) is 1.26. The Labute approximate surface area is 68.4 Å². The maximum absolute atomic E-state index is 4.36. The third-order valence-corrected chi connectivity index (χ3v) is 1.74. The van der Waals surface area contributed by atoms with E-state index in [1.54, 1.807) is 0 Å². The summed E-state index contributed by atoms with van der Waals surface area (Å²) in [7, 11) is 0. The molecule has 1 heterocycles. The second-order valence-corrected chi connectivity index (χ2v) is 2.83. The van der Waals surface area contributed by atoms with Gasteiger partial charge in [-0.3, -0.25) is 4.99 Å². The van der Waals surface area contributed by atoms with E-state index in [0.29, 0.717) is 0 Å². The van der Waals surface area contributed by atoms with Crippen molar-refractivity contribution < 1.29 is 0 Å². The van der Waals surface area contributed by atoms with Crippen LogP contribution in [0, 0.1) is 0 Å². The molecule has 2 heteroatoms. The Bertz CT molecular complexity index is 180. The summed E-state index contributed by atoms with van der Waals surface area (Å²) in [5.74, 6) is 0. The molecule has 1 rings (SSSR count). The van der Waals surface area contributed by atoms with Gasteiger partial charge in [0, 0.05) is 24.5 Å². The Morgan fingerprint density at radius 2 is 2.55 bits per heavy atom. The summed E-state index contributed by atoms with van der Waals surface area (Å²) in [6, 6.07) is 0. The molecule has 62 valence electrons. The molecule has 0 radical (unpaired) electrons. The summed E-state index contributed by atoms with van der Waals surface area (Å²) >= 11 is 0. The molecular formula is C9H16N2. The molecule has 0 saturated heterocycles. The van der Waals surface area contributed by atoms with Crippen molar-refractivity contribution in [3.05, 3.63) is 11.8 Å². The normalized spacial score (nSPS) is 18.4. The van der Waals surface area contributed by atoms with E-state index in [1.807, 2.05) is 0 Å². The average molecular weight is 152 g/mol. The number of hydrogen-bond acceptors (Lipinski definition) is 2. The van der Waals surface area contributed by atoms with Gasteiger partial charge in [-0.15, -0.1) is 0 Å². The first-order valence-electron chi connectivity index (χ1n) is 4.28. The molecule has 0 aliphatic carbocycles. The van der Waals surface area contributed by atoms with Gasteiger partial charge in [0.05, 0.1) is 0 Å². The summed E-state index contributed by atoms with van der Waals surface area (Å²) in [5.41, 5.74) is 2.48. The predicted octanol–water partition coefficient (Wildman–Crippen LogP) is 1.73. The number of nitrogens with one attached hydrogen (secondary N) is 1. The van der Waals surface area contributed by atoms with Crippen LogP contribution in [-0.2, 0) is 0 Å². The van der Waals surface area contributed by atoms with Gasteiger partial charge >= 0.3 is 0 Å². The van der Waals surface area contributed by atoms with Crippen LogP contribution < -0.4 is 5.32 Å². The van der Waals surface area contributed by atoms with Crippen LogP contribution >= 0.6 is 0 Å². The Morgan fingerprint density at radius 1 is 1.73 bits per heavy atom. The third-order valence-electron chi connectivity index (χ3n) is 1.74. The first-order valence-corrected chi connectivity index (χ1v) is 4.28. The van der Waals surface area contributed by atoms with E-state index in [2.05, 4.69) is 30.2 Å². The van der Waals surface area contributed by atoms with Gasteiger partial charge in [0.15, 0.2) is 0 Å². The minimum Gasteiger partial charge on any atom is -0.389 e. The summed E-state index contributed by atoms with van der Waals surface area (Å²) in [6.07, 6.45) is 4.53. The molecule has 0 unspecified atom stereocenters. The molecule has 1 aliphatic heterocycles. The van der Waals surface area contributed by atoms with Gasteiger partial charge in [-0.05, 0) is 32.8 Å². The Hall–Kier alpha value is -0.790. The first kappa shape index (κ1) is 8.31. The molecule has 0 atom stereocenters. The number of hydrogen-bond donors (Lipinski definition) is 1. The zero-order chi connectivity index (χ0) is 8.10. The second-order valence-electron chi connectivity index (χ2n) is 2.83. The topological polar surface area (TPSA) is 24.4 Å². The molecule has 11 heavy (non-hydrogen) atoms. The molecule has 0 spiro atoms. The molecule has 0 saturated carbocycles. The van der Waals surface area contributed by atoms with Crippen molar-refractivity contribution >= 4 is 5.71 Å². The molecule has 0 aromatic rings. The van der Waals surface area contributed by atoms with Crippen molar-refractivity contribution in [1.82, 2.24) is 5.32 Å². The van der Waals surface area contributed by atoms with Gasteiger partial charge in [-0.25, -0.2) is 0 Å².